The van der Waals surface area contributed by atoms with E-state index in [1.54, 1.807) is 13.1 Å². The highest BCUT2D eigenvalue weighted by molar-refractivity contribution is 7.89. The molecule has 1 aromatic carbocycles. The molecule has 0 saturated heterocycles. The minimum atomic E-state index is -3.30. The third kappa shape index (κ3) is 4.43. The number of rotatable bonds is 6. The van der Waals surface area contributed by atoms with Gasteiger partial charge in [-0.1, -0.05) is 36.7 Å². The third-order valence-electron chi connectivity index (χ3n) is 2.58. The molecule has 1 atom stereocenters. The molecule has 0 radical (unpaired) electrons. The molecule has 0 N–H and O–H groups in total. The summed E-state index contributed by atoms with van der Waals surface area (Å²) in [6.45, 7) is 2.09. The van der Waals surface area contributed by atoms with E-state index < -0.39 is 10.0 Å². The van der Waals surface area contributed by atoms with E-state index in [0.29, 0.717) is 10.9 Å². The van der Waals surface area contributed by atoms with Crippen LogP contribution in [0.3, 0.4) is 0 Å². The summed E-state index contributed by atoms with van der Waals surface area (Å²) in [6, 6.07) is 7.22. The largest absolute Gasteiger partial charge is 0.214 e. The summed E-state index contributed by atoms with van der Waals surface area (Å²) in [6.07, 6.45) is 0. The van der Waals surface area contributed by atoms with Gasteiger partial charge in [-0.15, -0.1) is 11.6 Å². The molecule has 0 aliphatic rings. The molecule has 102 valence electrons. The van der Waals surface area contributed by atoms with Crippen LogP contribution in [-0.2, 0) is 16.6 Å². The van der Waals surface area contributed by atoms with E-state index in [4.69, 9.17) is 23.2 Å². The summed E-state index contributed by atoms with van der Waals surface area (Å²) < 4.78 is 25.4. The lowest BCUT2D eigenvalue weighted by Crippen LogP contribution is -2.31. The Bertz CT molecular complexity index is 491. The van der Waals surface area contributed by atoms with Gasteiger partial charge in [-0.05, 0) is 17.5 Å². The van der Waals surface area contributed by atoms with Crippen LogP contribution in [-0.4, -0.2) is 31.4 Å². The number of sulfonamides is 1. The van der Waals surface area contributed by atoms with E-state index in [1.165, 1.54) is 4.31 Å². The standard InChI is InChI=1S/C12H17Cl2NO2S/c1-10(7-13)9-18(16,17)15(2)8-11-5-3-4-6-12(11)14/h3-6,10H,7-9H2,1-2H3. The Morgan fingerprint density at radius 2 is 1.94 bits per heavy atom. The van der Waals surface area contributed by atoms with Gasteiger partial charge in [0.2, 0.25) is 10.0 Å². The summed E-state index contributed by atoms with van der Waals surface area (Å²) in [5, 5.41) is 0.574. The number of hydrogen-bond donors (Lipinski definition) is 0. The first-order chi connectivity index (χ1) is 8.36. The molecule has 1 aromatic rings. The molecule has 0 spiro atoms. The van der Waals surface area contributed by atoms with E-state index in [1.807, 2.05) is 25.1 Å². The highest BCUT2D eigenvalue weighted by Crippen LogP contribution is 2.18. The summed E-state index contributed by atoms with van der Waals surface area (Å²) >= 11 is 11.7. The first-order valence-corrected chi connectivity index (χ1v) is 8.12. The van der Waals surface area contributed by atoms with E-state index in [-0.39, 0.29) is 18.2 Å². The number of alkyl halides is 1. The summed E-state index contributed by atoms with van der Waals surface area (Å²) in [4.78, 5) is 0. The van der Waals surface area contributed by atoms with Gasteiger partial charge in [-0.3, -0.25) is 0 Å². The number of nitrogens with zero attached hydrogens (tertiary/aromatic N) is 1. The van der Waals surface area contributed by atoms with Crippen LogP contribution in [0.5, 0.6) is 0 Å². The van der Waals surface area contributed by atoms with Gasteiger partial charge in [0.25, 0.3) is 0 Å². The second-order valence-electron chi connectivity index (χ2n) is 4.39. The summed E-state index contributed by atoms with van der Waals surface area (Å²) in [7, 11) is -1.74. The van der Waals surface area contributed by atoms with Gasteiger partial charge in [0.1, 0.15) is 0 Å². The second kappa shape index (κ2) is 6.75. The molecule has 0 aromatic heterocycles. The molecule has 0 bridgehead atoms. The lowest BCUT2D eigenvalue weighted by Gasteiger charge is -2.19. The van der Waals surface area contributed by atoms with E-state index in [2.05, 4.69) is 0 Å². The average Bonchev–Trinajstić information content (AvgIpc) is 2.31. The lowest BCUT2D eigenvalue weighted by atomic mass is 10.2. The molecule has 1 rings (SSSR count). The third-order valence-corrected chi connectivity index (χ3v) is 5.55. The Balaban J connectivity index is 2.76. The van der Waals surface area contributed by atoms with Gasteiger partial charge in [0, 0.05) is 24.5 Å². The van der Waals surface area contributed by atoms with Crippen molar-refractivity contribution in [2.45, 2.75) is 13.5 Å². The van der Waals surface area contributed by atoms with Crippen LogP contribution in [0.25, 0.3) is 0 Å². The monoisotopic (exact) mass is 309 g/mol. The molecular formula is C12H17Cl2NO2S. The fourth-order valence-corrected chi connectivity index (χ4v) is 3.36. The zero-order valence-corrected chi connectivity index (χ0v) is 12.8. The van der Waals surface area contributed by atoms with Crippen molar-refractivity contribution in [3.05, 3.63) is 34.9 Å². The molecule has 3 nitrogen and oxygen atoms in total. The van der Waals surface area contributed by atoms with Crippen molar-refractivity contribution < 1.29 is 8.42 Å². The maximum absolute atomic E-state index is 12.0. The highest BCUT2D eigenvalue weighted by atomic mass is 35.5. The minimum Gasteiger partial charge on any atom is -0.212 e. The molecular weight excluding hydrogens is 293 g/mol. The maximum Gasteiger partial charge on any atom is 0.214 e. The SMILES string of the molecule is CC(CCl)CS(=O)(=O)N(C)Cc1ccccc1Cl. The Labute approximate surface area is 119 Å². The minimum absolute atomic E-state index is 0.0530. The van der Waals surface area contributed by atoms with Crippen molar-refractivity contribution in [2.24, 2.45) is 5.92 Å². The molecule has 0 heterocycles. The van der Waals surface area contributed by atoms with Crippen LogP contribution in [0, 0.1) is 5.92 Å². The zero-order chi connectivity index (χ0) is 13.8. The van der Waals surface area contributed by atoms with Gasteiger partial charge in [-0.25, -0.2) is 12.7 Å². The van der Waals surface area contributed by atoms with Crippen molar-refractivity contribution in [1.29, 1.82) is 0 Å². The molecule has 1 unspecified atom stereocenters. The fraction of sp³-hybridized carbons (Fsp3) is 0.500. The zero-order valence-electron chi connectivity index (χ0n) is 10.4. The van der Waals surface area contributed by atoms with Crippen molar-refractivity contribution in [3.63, 3.8) is 0 Å². The Kier molecular flexibility index (Phi) is 5.92. The smallest absolute Gasteiger partial charge is 0.212 e. The predicted molar refractivity (Wildman–Crippen MR) is 76.6 cm³/mol. The number of hydrogen-bond acceptors (Lipinski definition) is 2. The van der Waals surface area contributed by atoms with Crippen molar-refractivity contribution >= 4 is 33.2 Å². The molecule has 0 saturated carbocycles. The van der Waals surface area contributed by atoms with Crippen molar-refractivity contribution in [1.82, 2.24) is 4.31 Å². The van der Waals surface area contributed by atoms with Crippen LogP contribution < -0.4 is 0 Å². The van der Waals surface area contributed by atoms with Crippen LogP contribution >= 0.6 is 23.2 Å². The van der Waals surface area contributed by atoms with Crippen LogP contribution in [0.4, 0.5) is 0 Å². The Hall–Kier alpha value is -0.290. The van der Waals surface area contributed by atoms with Crippen LogP contribution in [0.1, 0.15) is 12.5 Å². The van der Waals surface area contributed by atoms with Gasteiger partial charge in [0.05, 0.1) is 5.75 Å². The fourth-order valence-electron chi connectivity index (χ4n) is 1.50. The Morgan fingerprint density at radius 3 is 2.50 bits per heavy atom. The molecule has 0 fully saturated rings. The molecule has 0 aliphatic carbocycles. The van der Waals surface area contributed by atoms with Crippen LogP contribution in [0.2, 0.25) is 5.02 Å². The first-order valence-electron chi connectivity index (χ1n) is 5.60. The van der Waals surface area contributed by atoms with Crippen molar-refractivity contribution in [2.75, 3.05) is 18.7 Å². The molecule has 18 heavy (non-hydrogen) atoms. The lowest BCUT2D eigenvalue weighted by molar-refractivity contribution is 0.460. The number of benzene rings is 1. The average molecular weight is 310 g/mol. The molecule has 0 aliphatic heterocycles. The molecule has 0 amide bonds. The van der Waals surface area contributed by atoms with E-state index in [9.17, 15) is 8.42 Å². The van der Waals surface area contributed by atoms with E-state index >= 15 is 0 Å². The van der Waals surface area contributed by atoms with Crippen LogP contribution in [0.15, 0.2) is 24.3 Å². The first kappa shape index (κ1) is 15.8. The predicted octanol–water partition coefficient (Wildman–Crippen LogP) is 2.98. The highest BCUT2D eigenvalue weighted by Gasteiger charge is 2.21. The summed E-state index contributed by atoms with van der Waals surface area (Å²) in [5.41, 5.74) is 0.795. The van der Waals surface area contributed by atoms with Gasteiger partial charge in [-0.2, -0.15) is 0 Å². The Morgan fingerprint density at radius 1 is 1.33 bits per heavy atom. The second-order valence-corrected chi connectivity index (χ2v) is 7.22. The number of halogens is 2. The molecule has 6 heteroatoms. The maximum atomic E-state index is 12.0. The quantitative estimate of drug-likeness (QED) is 0.758. The normalized spacial score (nSPS) is 13.8. The van der Waals surface area contributed by atoms with Gasteiger partial charge < -0.3 is 0 Å². The van der Waals surface area contributed by atoms with Gasteiger partial charge >= 0.3 is 0 Å². The van der Waals surface area contributed by atoms with E-state index in [0.717, 1.165) is 5.56 Å². The van der Waals surface area contributed by atoms with Gasteiger partial charge in [0.15, 0.2) is 0 Å². The topological polar surface area (TPSA) is 37.4 Å². The summed E-state index contributed by atoms with van der Waals surface area (Å²) in [5.74, 6) is 0.321. The van der Waals surface area contributed by atoms with Crippen molar-refractivity contribution in [3.8, 4) is 0 Å².